The number of benzene rings is 1. The Bertz CT molecular complexity index is 1050. The summed E-state index contributed by atoms with van der Waals surface area (Å²) in [5, 5.41) is 11.0. The van der Waals surface area contributed by atoms with Gasteiger partial charge in [-0.3, -0.25) is 0 Å². The maximum absolute atomic E-state index is 12.8. The van der Waals surface area contributed by atoms with Crippen LogP contribution in [-0.4, -0.2) is 33.7 Å². The standard InChI is InChI=1S/C13H7F5N4O2S2/c14-11(15)12-20-19-9-5-6-10(21-22(9)12)25-7-1-3-8(4-2-7)26(23,24)13(16,17)18/h1-6,11H. The molecule has 6 nitrogen and oxygen atoms in total. The number of alkyl halides is 5. The Kier molecular flexibility index (Phi) is 4.60. The molecule has 0 N–H and O–H groups in total. The maximum Gasteiger partial charge on any atom is 0.501 e. The molecule has 3 rings (SSSR count). The summed E-state index contributed by atoms with van der Waals surface area (Å²) in [6, 6.07) is 6.81. The fraction of sp³-hybridized carbons (Fsp3) is 0.154. The molecule has 3 aromatic rings. The van der Waals surface area contributed by atoms with Crippen LogP contribution in [0.1, 0.15) is 12.2 Å². The molecule has 26 heavy (non-hydrogen) atoms. The third kappa shape index (κ3) is 3.35. The van der Waals surface area contributed by atoms with Crippen LogP contribution >= 0.6 is 11.8 Å². The molecule has 0 bridgehead atoms. The maximum atomic E-state index is 12.8. The molecule has 0 saturated carbocycles. The summed E-state index contributed by atoms with van der Waals surface area (Å²) in [6.07, 6.45) is -2.88. The number of sulfone groups is 1. The first kappa shape index (κ1) is 18.5. The van der Waals surface area contributed by atoms with Crippen molar-refractivity contribution in [2.75, 3.05) is 0 Å². The molecule has 0 radical (unpaired) electrons. The Morgan fingerprint density at radius 3 is 2.23 bits per heavy atom. The van der Waals surface area contributed by atoms with E-state index in [0.717, 1.165) is 40.5 Å². The van der Waals surface area contributed by atoms with E-state index in [1.54, 1.807) is 0 Å². The molecule has 0 amide bonds. The predicted molar refractivity (Wildman–Crippen MR) is 79.5 cm³/mol. The molecule has 2 aromatic heterocycles. The van der Waals surface area contributed by atoms with Crippen molar-refractivity contribution in [2.45, 2.75) is 26.8 Å². The van der Waals surface area contributed by atoms with Gasteiger partial charge >= 0.3 is 5.51 Å². The van der Waals surface area contributed by atoms with E-state index in [4.69, 9.17) is 0 Å². The monoisotopic (exact) mass is 410 g/mol. The Morgan fingerprint density at radius 1 is 1.00 bits per heavy atom. The second-order valence-corrected chi connectivity index (χ2v) is 7.86. The van der Waals surface area contributed by atoms with Gasteiger partial charge in [-0.15, -0.1) is 10.2 Å². The molecule has 0 fully saturated rings. The first-order valence-corrected chi connectivity index (χ1v) is 8.99. The fourth-order valence-electron chi connectivity index (χ4n) is 1.92. The van der Waals surface area contributed by atoms with Crippen molar-refractivity contribution in [1.82, 2.24) is 19.8 Å². The summed E-state index contributed by atoms with van der Waals surface area (Å²) in [6.45, 7) is 0. The van der Waals surface area contributed by atoms with Crippen molar-refractivity contribution in [3.8, 4) is 0 Å². The largest absolute Gasteiger partial charge is 0.501 e. The molecular formula is C13H7F5N4O2S2. The zero-order valence-corrected chi connectivity index (χ0v) is 14.0. The SMILES string of the molecule is O=S(=O)(c1ccc(Sc2ccc3nnc(C(F)F)n3n2)cc1)C(F)(F)F. The third-order valence-electron chi connectivity index (χ3n) is 3.12. The van der Waals surface area contributed by atoms with Gasteiger partial charge in [-0.05, 0) is 36.4 Å². The van der Waals surface area contributed by atoms with Gasteiger partial charge in [-0.2, -0.15) is 22.8 Å². The van der Waals surface area contributed by atoms with Crippen LogP contribution in [0.5, 0.6) is 0 Å². The highest BCUT2D eigenvalue weighted by atomic mass is 32.2. The van der Waals surface area contributed by atoms with Gasteiger partial charge in [-0.1, -0.05) is 11.8 Å². The molecule has 0 aliphatic rings. The molecule has 138 valence electrons. The van der Waals surface area contributed by atoms with Gasteiger partial charge in [0.2, 0.25) is 5.82 Å². The van der Waals surface area contributed by atoms with Crippen molar-refractivity contribution in [3.63, 3.8) is 0 Å². The Morgan fingerprint density at radius 2 is 1.65 bits per heavy atom. The van der Waals surface area contributed by atoms with E-state index in [2.05, 4.69) is 15.3 Å². The number of fused-ring (bicyclic) bond motifs is 1. The molecule has 0 aliphatic carbocycles. The summed E-state index contributed by atoms with van der Waals surface area (Å²) >= 11 is 0.945. The van der Waals surface area contributed by atoms with Crippen LogP contribution in [0, 0.1) is 0 Å². The van der Waals surface area contributed by atoms with Crippen molar-refractivity contribution in [2.24, 2.45) is 0 Å². The Hall–Kier alpha value is -2.28. The van der Waals surface area contributed by atoms with Crippen LogP contribution in [0.4, 0.5) is 22.0 Å². The van der Waals surface area contributed by atoms with Crippen LogP contribution in [0.2, 0.25) is 0 Å². The Labute approximate surface area is 147 Å². The van der Waals surface area contributed by atoms with E-state index in [1.807, 2.05) is 0 Å². The van der Waals surface area contributed by atoms with Crippen molar-refractivity contribution in [1.29, 1.82) is 0 Å². The smallest absolute Gasteiger partial charge is 0.214 e. The van der Waals surface area contributed by atoms with E-state index in [0.29, 0.717) is 4.90 Å². The van der Waals surface area contributed by atoms with E-state index >= 15 is 0 Å². The molecule has 0 saturated heterocycles. The summed E-state index contributed by atoms with van der Waals surface area (Å²) < 4.78 is 86.6. The number of nitrogens with zero attached hydrogens (tertiary/aromatic N) is 4. The zero-order chi connectivity index (χ0) is 19.1. The van der Waals surface area contributed by atoms with Gasteiger partial charge in [-0.25, -0.2) is 17.2 Å². The average Bonchev–Trinajstić information content (AvgIpc) is 2.97. The van der Waals surface area contributed by atoms with Crippen LogP contribution in [-0.2, 0) is 9.84 Å². The number of rotatable bonds is 4. The third-order valence-corrected chi connectivity index (χ3v) is 5.56. The average molecular weight is 410 g/mol. The summed E-state index contributed by atoms with van der Waals surface area (Å²) in [5.74, 6) is -0.644. The van der Waals surface area contributed by atoms with Crippen molar-refractivity contribution < 1.29 is 30.4 Å². The van der Waals surface area contributed by atoms with Crippen LogP contribution < -0.4 is 0 Å². The first-order chi connectivity index (χ1) is 12.1. The lowest BCUT2D eigenvalue weighted by Gasteiger charge is -2.08. The number of hydrogen-bond donors (Lipinski definition) is 0. The highest BCUT2D eigenvalue weighted by Crippen LogP contribution is 2.32. The van der Waals surface area contributed by atoms with Gasteiger partial charge in [0, 0.05) is 4.90 Å². The van der Waals surface area contributed by atoms with E-state index < -0.39 is 32.5 Å². The van der Waals surface area contributed by atoms with Gasteiger partial charge in [0.05, 0.1) is 4.90 Å². The topological polar surface area (TPSA) is 77.2 Å². The van der Waals surface area contributed by atoms with Gasteiger partial charge in [0.15, 0.2) is 5.65 Å². The number of aromatic nitrogens is 4. The quantitative estimate of drug-likeness (QED) is 0.613. The zero-order valence-electron chi connectivity index (χ0n) is 12.4. The number of hydrogen-bond acceptors (Lipinski definition) is 6. The van der Waals surface area contributed by atoms with Crippen molar-refractivity contribution >= 4 is 27.2 Å². The molecule has 0 atom stereocenters. The minimum atomic E-state index is -5.43. The minimum absolute atomic E-state index is 0.108. The van der Waals surface area contributed by atoms with Crippen LogP contribution in [0.25, 0.3) is 5.65 Å². The minimum Gasteiger partial charge on any atom is -0.214 e. The van der Waals surface area contributed by atoms with Crippen LogP contribution in [0.3, 0.4) is 0 Å². The van der Waals surface area contributed by atoms with E-state index in [-0.39, 0.29) is 10.7 Å². The predicted octanol–water partition coefficient (Wildman–Crippen LogP) is 3.51. The summed E-state index contributed by atoms with van der Waals surface area (Å²) in [7, 11) is -5.43. The van der Waals surface area contributed by atoms with Gasteiger partial charge < -0.3 is 0 Å². The van der Waals surface area contributed by atoms with Gasteiger partial charge in [0.25, 0.3) is 16.3 Å². The number of halogens is 5. The molecule has 0 unspecified atom stereocenters. The van der Waals surface area contributed by atoms with E-state index in [9.17, 15) is 30.4 Å². The second-order valence-electron chi connectivity index (χ2n) is 4.82. The lowest BCUT2D eigenvalue weighted by atomic mass is 10.4. The summed E-state index contributed by atoms with van der Waals surface area (Å²) in [4.78, 5) is -0.527. The molecular weight excluding hydrogens is 403 g/mol. The highest BCUT2D eigenvalue weighted by molar-refractivity contribution is 7.99. The second kappa shape index (κ2) is 6.46. The van der Waals surface area contributed by atoms with E-state index in [1.165, 1.54) is 12.1 Å². The first-order valence-electron chi connectivity index (χ1n) is 6.69. The normalized spacial score (nSPS) is 12.8. The molecule has 1 aromatic carbocycles. The summed E-state index contributed by atoms with van der Waals surface area (Å²) in [5.41, 5.74) is -5.29. The lowest BCUT2D eigenvalue weighted by molar-refractivity contribution is -0.0436. The molecule has 0 aliphatic heterocycles. The lowest BCUT2D eigenvalue weighted by Crippen LogP contribution is -2.23. The van der Waals surface area contributed by atoms with Gasteiger partial charge in [0.1, 0.15) is 5.03 Å². The molecule has 13 heteroatoms. The Balaban J connectivity index is 1.88. The van der Waals surface area contributed by atoms with Crippen LogP contribution in [0.15, 0.2) is 51.2 Å². The molecule has 0 spiro atoms. The van der Waals surface area contributed by atoms with Crippen molar-refractivity contribution in [3.05, 3.63) is 42.2 Å². The molecule has 2 heterocycles. The highest BCUT2D eigenvalue weighted by Gasteiger charge is 2.46. The fourth-order valence-corrected chi connectivity index (χ4v) is 3.45.